The van der Waals surface area contributed by atoms with E-state index < -0.39 is 0 Å². The summed E-state index contributed by atoms with van der Waals surface area (Å²) in [4.78, 5) is 16.2. The van der Waals surface area contributed by atoms with Crippen LogP contribution in [0.15, 0.2) is 18.3 Å². The molecule has 0 amide bonds. The highest BCUT2D eigenvalue weighted by molar-refractivity contribution is 5.48. The number of hydrogen-bond acceptors (Lipinski definition) is 5. The predicted molar refractivity (Wildman–Crippen MR) is 97.9 cm³/mol. The maximum atomic E-state index is 6.12. The summed E-state index contributed by atoms with van der Waals surface area (Å²) in [6.45, 7) is 6.82. The third-order valence-electron chi connectivity index (χ3n) is 5.13. The molecule has 24 heavy (non-hydrogen) atoms. The average Bonchev–Trinajstić information content (AvgIpc) is 2.59. The van der Waals surface area contributed by atoms with Crippen molar-refractivity contribution in [2.45, 2.75) is 65.5 Å². The minimum absolute atomic E-state index is 0.460. The van der Waals surface area contributed by atoms with Gasteiger partial charge in [0.2, 0.25) is 5.95 Å². The van der Waals surface area contributed by atoms with Gasteiger partial charge in [0.15, 0.2) is 0 Å². The summed E-state index contributed by atoms with van der Waals surface area (Å²) in [6.07, 6.45) is 8.08. The molecule has 2 heterocycles. The van der Waals surface area contributed by atoms with Gasteiger partial charge in [-0.25, -0.2) is 4.98 Å². The molecule has 0 spiro atoms. The zero-order valence-corrected chi connectivity index (χ0v) is 14.9. The normalized spacial score (nSPS) is 15.5. The van der Waals surface area contributed by atoms with Gasteiger partial charge in [-0.2, -0.15) is 4.98 Å². The van der Waals surface area contributed by atoms with Gasteiger partial charge in [-0.3, -0.25) is 4.98 Å². The van der Waals surface area contributed by atoms with Gasteiger partial charge in [0.05, 0.1) is 12.2 Å². The Morgan fingerprint density at radius 2 is 1.88 bits per heavy atom. The Morgan fingerprint density at radius 3 is 2.54 bits per heavy atom. The molecule has 0 aromatic carbocycles. The summed E-state index contributed by atoms with van der Waals surface area (Å²) in [6, 6.07) is 4.55. The second-order valence-electron chi connectivity index (χ2n) is 6.81. The first kappa shape index (κ1) is 16.7. The van der Waals surface area contributed by atoms with Crippen molar-refractivity contribution in [3.8, 4) is 0 Å². The van der Waals surface area contributed by atoms with Crippen LogP contribution in [0.3, 0.4) is 0 Å². The fourth-order valence-corrected chi connectivity index (χ4v) is 3.37. The fraction of sp³-hybridized carbons (Fsp3) is 0.526. The zero-order chi connectivity index (χ0) is 17.1. The Kier molecular flexibility index (Phi) is 4.97. The minimum atomic E-state index is 0.460. The first-order chi connectivity index (χ1) is 11.6. The van der Waals surface area contributed by atoms with Crippen LogP contribution in [0.4, 0.5) is 11.8 Å². The van der Waals surface area contributed by atoms with Crippen molar-refractivity contribution >= 4 is 11.8 Å². The molecule has 3 rings (SSSR count). The van der Waals surface area contributed by atoms with E-state index in [4.69, 9.17) is 10.7 Å². The molecular formula is C19H27N5. The van der Waals surface area contributed by atoms with Crippen LogP contribution in [0.2, 0.25) is 0 Å². The molecule has 0 aliphatic heterocycles. The van der Waals surface area contributed by atoms with Crippen molar-refractivity contribution in [1.82, 2.24) is 15.0 Å². The van der Waals surface area contributed by atoms with Gasteiger partial charge >= 0.3 is 0 Å². The van der Waals surface area contributed by atoms with Gasteiger partial charge in [0, 0.05) is 23.5 Å². The smallest absolute Gasteiger partial charge is 0.228 e. The number of hydrogen-bond donors (Lipinski definition) is 1. The van der Waals surface area contributed by atoms with Crippen molar-refractivity contribution < 1.29 is 0 Å². The van der Waals surface area contributed by atoms with E-state index in [-0.39, 0.29) is 0 Å². The lowest BCUT2D eigenvalue weighted by Gasteiger charge is -2.34. The molecule has 1 aliphatic carbocycles. The van der Waals surface area contributed by atoms with Crippen LogP contribution in [0.5, 0.6) is 0 Å². The molecule has 0 radical (unpaired) electrons. The third-order valence-corrected chi connectivity index (χ3v) is 5.13. The van der Waals surface area contributed by atoms with Crippen LogP contribution >= 0.6 is 0 Å². The Morgan fingerprint density at radius 1 is 1.12 bits per heavy atom. The van der Waals surface area contributed by atoms with Gasteiger partial charge in [-0.15, -0.1) is 0 Å². The largest absolute Gasteiger partial charge is 0.383 e. The first-order valence-electron chi connectivity index (χ1n) is 8.84. The molecular weight excluding hydrogens is 298 g/mol. The van der Waals surface area contributed by atoms with E-state index in [9.17, 15) is 0 Å². The summed E-state index contributed by atoms with van der Waals surface area (Å²) < 4.78 is 0. The highest BCUT2D eigenvalue weighted by Crippen LogP contribution is 2.28. The SMILES string of the molecule is Cc1cccnc1CN(c1nc(C)c(C)c(N)n1)C1CCCCC1. The number of aromatic nitrogens is 3. The van der Waals surface area contributed by atoms with Crippen LogP contribution < -0.4 is 10.6 Å². The van der Waals surface area contributed by atoms with Crippen molar-refractivity contribution in [3.05, 3.63) is 40.8 Å². The molecule has 2 aromatic heterocycles. The van der Waals surface area contributed by atoms with Gasteiger partial charge < -0.3 is 10.6 Å². The topological polar surface area (TPSA) is 67.9 Å². The molecule has 1 aliphatic rings. The van der Waals surface area contributed by atoms with Crippen molar-refractivity contribution in [2.24, 2.45) is 0 Å². The molecule has 1 fully saturated rings. The quantitative estimate of drug-likeness (QED) is 0.928. The first-order valence-corrected chi connectivity index (χ1v) is 8.84. The number of aryl methyl sites for hydroxylation is 2. The minimum Gasteiger partial charge on any atom is -0.383 e. The van der Waals surface area contributed by atoms with E-state index in [1.165, 1.54) is 37.7 Å². The highest BCUT2D eigenvalue weighted by atomic mass is 15.3. The van der Waals surface area contributed by atoms with Crippen molar-refractivity contribution in [3.63, 3.8) is 0 Å². The monoisotopic (exact) mass is 325 g/mol. The highest BCUT2D eigenvalue weighted by Gasteiger charge is 2.25. The van der Waals surface area contributed by atoms with Gasteiger partial charge in [0.25, 0.3) is 0 Å². The third kappa shape index (κ3) is 3.50. The number of nitrogen functional groups attached to an aromatic ring is 1. The average molecular weight is 325 g/mol. The van der Waals surface area contributed by atoms with Crippen LogP contribution in [-0.2, 0) is 6.54 Å². The van der Waals surface area contributed by atoms with E-state index in [2.05, 4.69) is 27.9 Å². The van der Waals surface area contributed by atoms with E-state index in [0.717, 1.165) is 29.4 Å². The number of rotatable bonds is 4. The van der Waals surface area contributed by atoms with Crippen LogP contribution in [-0.4, -0.2) is 21.0 Å². The molecule has 1 saturated carbocycles. The Labute approximate surface area is 144 Å². The molecule has 0 saturated heterocycles. The lowest BCUT2D eigenvalue weighted by atomic mass is 9.94. The van der Waals surface area contributed by atoms with E-state index >= 15 is 0 Å². The maximum absolute atomic E-state index is 6.12. The fourth-order valence-electron chi connectivity index (χ4n) is 3.37. The number of pyridine rings is 1. The second-order valence-corrected chi connectivity index (χ2v) is 6.81. The van der Waals surface area contributed by atoms with Crippen molar-refractivity contribution in [1.29, 1.82) is 0 Å². The zero-order valence-electron chi connectivity index (χ0n) is 14.9. The Balaban J connectivity index is 1.97. The van der Waals surface area contributed by atoms with Gasteiger partial charge in [0.1, 0.15) is 5.82 Å². The van der Waals surface area contributed by atoms with Crippen LogP contribution in [0.1, 0.15) is 54.6 Å². The maximum Gasteiger partial charge on any atom is 0.228 e. The van der Waals surface area contributed by atoms with Crippen LogP contribution in [0, 0.1) is 20.8 Å². The standard InChI is InChI=1S/C19H27N5/c1-13-8-7-11-21-17(13)12-24(16-9-5-4-6-10-16)19-22-15(3)14(2)18(20)23-19/h7-8,11,16H,4-6,9-10,12H2,1-3H3,(H2,20,22,23). The number of anilines is 2. The summed E-state index contributed by atoms with van der Waals surface area (Å²) in [5.74, 6) is 1.32. The molecule has 0 bridgehead atoms. The summed E-state index contributed by atoms with van der Waals surface area (Å²) in [5, 5.41) is 0. The van der Waals surface area contributed by atoms with E-state index in [1.54, 1.807) is 0 Å². The number of nitrogens with zero attached hydrogens (tertiary/aromatic N) is 4. The molecule has 0 unspecified atom stereocenters. The molecule has 2 aromatic rings. The summed E-state index contributed by atoms with van der Waals surface area (Å²) >= 11 is 0. The Hall–Kier alpha value is -2.17. The molecule has 0 atom stereocenters. The number of nitrogens with two attached hydrogens (primary N) is 1. The van der Waals surface area contributed by atoms with Gasteiger partial charge in [-0.1, -0.05) is 25.3 Å². The predicted octanol–water partition coefficient (Wildman–Crippen LogP) is 3.72. The molecule has 5 nitrogen and oxygen atoms in total. The van der Waals surface area contributed by atoms with Crippen molar-refractivity contribution in [2.75, 3.05) is 10.6 Å². The molecule has 2 N–H and O–H groups in total. The lowest BCUT2D eigenvalue weighted by Crippen LogP contribution is -2.38. The molecule has 128 valence electrons. The molecule has 5 heteroatoms. The summed E-state index contributed by atoms with van der Waals surface area (Å²) in [5.41, 5.74) is 10.3. The Bertz CT molecular complexity index is 684. The lowest BCUT2D eigenvalue weighted by molar-refractivity contribution is 0.407. The van der Waals surface area contributed by atoms with E-state index in [1.807, 2.05) is 26.1 Å². The second kappa shape index (κ2) is 7.16. The van der Waals surface area contributed by atoms with E-state index in [0.29, 0.717) is 11.9 Å². The van der Waals surface area contributed by atoms with Gasteiger partial charge in [-0.05, 0) is 45.2 Å². The van der Waals surface area contributed by atoms with Crippen LogP contribution in [0.25, 0.3) is 0 Å². The summed E-state index contributed by atoms with van der Waals surface area (Å²) in [7, 11) is 0.